The summed E-state index contributed by atoms with van der Waals surface area (Å²) in [5.74, 6) is 0. The molecule has 0 radical (unpaired) electrons. The molecular weight excluding hydrogens is 330 g/mol. The summed E-state index contributed by atoms with van der Waals surface area (Å²) in [5.41, 5.74) is 0.995. The number of hydrogen-bond acceptors (Lipinski definition) is 4. The molecule has 2 aromatic carbocycles. The second kappa shape index (κ2) is 6.41. The molecule has 3 aromatic rings. The van der Waals surface area contributed by atoms with Gasteiger partial charge in [0, 0.05) is 16.1 Å². The molecule has 0 saturated carbocycles. The molecule has 0 fully saturated rings. The Morgan fingerprint density at radius 1 is 1.13 bits per heavy atom. The van der Waals surface area contributed by atoms with Gasteiger partial charge in [0.1, 0.15) is 6.10 Å². The third kappa shape index (κ3) is 3.61. The van der Waals surface area contributed by atoms with E-state index in [1.807, 2.05) is 37.3 Å². The van der Waals surface area contributed by atoms with Gasteiger partial charge in [-0.1, -0.05) is 35.9 Å². The molecule has 1 unspecified atom stereocenters. The quantitative estimate of drug-likeness (QED) is 0.745. The highest BCUT2D eigenvalue weighted by Gasteiger charge is 2.17. The molecule has 120 valence electrons. The zero-order valence-electron chi connectivity index (χ0n) is 12.6. The number of aliphatic hydroxyl groups excluding tert-OH is 1. The average Bonchev–Trinajstić information content (AvgIpc) is 2.97. The minimum Gasteiger partial charge on any atom is -0.386 e. The Balaban J connectivity index is 1.72. The lowest BCUT2D eigenvalue weighted by Gasteiger charge is -2.11. The van der Waals surface area contributed by atoms with Crippen LogP contribution in [0.1, 0.15) is 16.5 Å². The van der Waals surface area contributed by atoms with E-state index in [0.29, 0.717) is 0 Å². The number of hydrogen-bond donors (Lipinski definition) is 2. The summed E-state index contributed by atoms with van der Waals surface area (Å²) in [4.78, 5) is 0.949. The summed E-state index contributed by atoms with van der Waals surface area (Å²) >= 11 is 1.47. The molecule has 0 aliphatic heterocycles. The van der Waals surface area contributed by atoms with Gasteiger partial charge in [0.05, 0.1) is 4.90 Å². The van der Waals surface area contributed by atoms with Crippen molar-refractivity contribution in [2.75, 3.05) is 6.54 Å². The maximum Gasteiger partial charge on any atom is 0.240 e. The van der Waals surface area contributed by atoms with Crippen LogP contribution in [-0.2, 0) is 10.0 Å². The molecule has 0 aliphatic rings. The fourth-order valence-corrected chi connectivity index (χ4v) is 4.35. The Hall–Kier alpha value is -1.73. The maximum absolute atomic E-state index is 12.2. The zero-order chi connectivity index (χ0) is 16.4. The standard InChI is InChI=1S/C17H17NO3S2/c1-12-6-8-14(9-7-12)23(20,21)18-11-15(19)17-10-13-4-2-3-5-16(13)22-17/h2-10,15,18-19H,11H2,1H3. The Morgan fingerprint density at radius 2 is 1.83 bits per heavy atom. The highest BCUT2D eigenvalue weighted by atomic mass is 32.2. The highest BCUT2D eigenvalue weighted by Crippen LogP contribution is 2.29. The van der Waals surface area contributed by atoms with Gasteiger partial charge in [-0.25, -0.2) is 13.1 Å². The lowest BCUT2D eigenvalue weighted by Crippen LogP contribution is -2.28. The first-order chi connectivity index (χ1) is 11.0. The van der Waals surface area contributed by atoms with Crippen LogP contribution in [0, 0.1) is 6.92 Å². The first-order valence-corrected chi connectivity index (χ1v) is 9.48. The predicted octanol–water partition coefficient (Wildman–Crippen LogP) is 3.22. The Morgan fingerprint density at radius 3 is 2.52 bits per heavy atom. The number of thiophene rings is 1. The number of aliphatic hydroxyl groups is 1. The third-order valence-electron chi connectivity index (χ3n) is 3.57. The molecule has 0 spiro atoms. The van der Waals surface area contributed by atoms with Crippen LogP contribution >= 0.6 is 11.3 Å². The molecule has 1 aromatic heterocycles. The Kier molecular flexibility index (Phi) is 4.50. The van der Waals surface area contributed by atoms with Gasteiger partial charge >= 0.3 is 0 Å². The van der Waals surface area contributed by atoms with E-state index in [0.717, 1.165) is 20.5 Å². The molecule has 6 heteroatoms. The Bertz CT molecular complexity index is 881. The van der Waals surface area contributed by atoms with Crippen LogP contribution in [0.5, 0.6) is 0 Å². The predicted molar refractivity (Wildman–Crippen MR) is 93.2 cm³/mol. The van der Waals surface area contributed by atoms with E-state index < -0.39 is 16.1 Å². The highest BCUT2D eigenvalue weighted by molar-refractivity contribution is 7.89. The van der Waals surface area contributed by atoms with E-state index >= 15 is 0 Å². The monoisotopic (exact) mass is 347 g/mol. The summed E-state index contributed by atoms with van der Waals surface area (Å²) in [5, 5.41) is 11.3. The van der Waals surface area contributed by atoms with Crippen LogP contribution in [0.4, 0.5) is 0 Å². The number of fused-ring (bicyclic) bond motifs is 1. The third-order valence-corrected chi connectivity index (χ3v) is 6.23. The van der Waals surface area contributed by atoms with Crippen molar-refractivity contribution in [1.29, 1.82) is 0 Å². The van der Waals surface area contributed by atoms with Crippen molar-refractivity contribution in [1.82, 2.24) is 4.72 Å². The molecule has 0 aliphatic carbocycles. The lowest BCUT2D eigenvalue weighted by molar-refractivity contribution is 0.186. The lowest BCUT2D eigenvalue weighted by atomic mass is 10.2. The van der Waals surface area contributed by atoms with E-state index in [2.05, 4.69) is 4.72 Å². The summed E-state index contributed by atoms with van der Waals surface area (Å²) in [6.45, 7) is 1.85. The summed E-state index contributed by atoms with van der Waals surface area (Å²) in [6.07, 6.45) is -0.868. The zero-order valence-corrected chi connectivity index (χ0v) is 14.2. The SMILES string of the molecule is Cc1ccc(S(=O)(=O)NCC(O)c2cc3ccccc3s2)cc1. The van der Waals surface area contributed by atoms with Gasteiger partial charge in [0.25, 0.3) is 0 Å². The van der Waals surface area contributed by atoms with Crippen LogP contribution in [0.3, 0.4) is 0 Å². The second-order valence-electron chi connectivity index (χ2n) is 5.37. The summed E-state index contributed by atoms with van der Waals surface area (Å²) in [7, 11) is -3.62. The van der Waals surface area contributed by atoms with Crippen LogP contribution < -0.4 is 4.72 Å². The molecule has 0 bridgehead atoms. The smallest absolute Gasteiger partial charge is 0.240 e. The number of rotatable bonds is 5. The fraction of sp³-hybridized carbons (Fsp3) is 0.176. The van der Waals surface area contributed by atoms with E-state index in [1.54, 1.807) is 24.3 Å². The molecular formula is C17H17NO3S2. The minimum absolute atomic E-state index is 0.0525. The van der Waals surface area contributed by atoms with Gasteiger partial charge in [-0.2, -0.15) is 0 Å². The molecule has 3 rings (SSSR count). The van der Waals surface area contributed by atoms with Gasteiger partial charge < -0.3 is 5.11 Å². The van der Waals surface area contributed by atoms with E-state index in [4.69, 9.17) is 0 Å². The van der Waals surface area contributed by atoms with Crippen molar-refractivity contribution >= 4 is 31.4 Å². The molecule has 0 amide bonds. The van der Waals surface area contributed by atoms with Gasteiger partial charge in [-0.05, 0) is 36.6 Å². The fourth-order valence-electron chi connectivity index (χ4n) is 2.26. The van der Waals surface area contributed by atoms with Crippen LogP contribution in [0.15, 0.2) is 59.5 Å². The van der Waals surface area contributed by atoms with E-state index in [-0.39, 0.29) is 11.4 Å². The van der Waals surface area contributed by atoms with Crippen molar-refractivity contribution < 1.29 is 13.5 Å². The van der Waals surface area contributed by atoms with Gasteiger partial charge in [-0.15, -0.1) is 11.3 Å². The maximum atomic E-state index is 12.2. The number of aryl methyl sites for hydroxylation is 1. The van der Waals surface area contributed by atoms with Crippen molar-refractivity contribution in [2.24, 2.45) is 0 Å². The normalized spacial score (nSPS) is 13.3. The van der Waals surface area contributed by atoms with Crippen LogP contribution in [-0.4, -0.2) is 20.1 Å². The molecule has 0 saturated heterocycles. The van der Waals surface area contributed by atoms with Crippen LogP contribution in [0.2, 0.25) is 0 Å². The van der Waals surface area contributed by atoms with Gasteiger partial charge in [-0.3, -0.25) is 0 Å². The van der Waals surface area contributed by atoms with Crippen molar-refractivity contribution in [3.8, 4) is 0 Å². The van der Waals surface area contributed by atoms with Gasteiger partial charge in [0.15, 0.2) is 0 Å². The van der Waals surface area contributed by atoms with Gasteiger partial charge in [0.2, 0.25) is 10.0 Å². The number of benzene rings is 2. The summed E-state index contributed by atoms with van der Waals surface area (Å²) in [6, 6.07) is 16.3. The first kappa shape index (κ1) is 16.1. The largest absolute Gasteiger partial charge is 0.386 e. The first-order valence-electron chi connectivity index (χ1n) is 7.18. The topological polar surface area (TPSA) is 66.4 Å². The molecule has 23 heavy (non-hydrogen) atoms. The second-order valence-corrected chi connectivity index (χ2v) is 8.25. The van der Waals surface area contributed by atoms with Crippen LogP contribution in [0.25, 0.3) is 10.1 Å². The Labute approximate surface area is 139 Å². The molecule has 2 N–H and O–H groups in total. The molecule has 1 heterocycles. The number of nitrogens with one attached hydrogen (secondary N) is 1. The minimum atomic E-state index is -3.62. The van der Waals surface area contributed by atoms with Crippen molar-refractivity contribution in [3.05, 3.63) is 65.0 Å². The molecule has 1 atom stereocenters. The molecule has 4 nitrogen and oxygen atoms in total. The van der Waals surface area contributed by atoms with Crippen molar-refractivity contribution in [3.63, 3.8) is 0 Å². The number of sulfonamides is 1. The van der Waals surface area contributed by atoms with E-state index in [1.165, 1.54) is 11.3 Å². The van der Waals surface area contributed by atoms with E-state index in [9.17, 15) is 13.5 Å². The van der Waals surface area contributed by atoms with Crippen molar-refractivity contribution in [2.45, 2.75) is 17.9 Å². The summed E-state index contributed by atoms with van der Waals surface area (Å²) < 4.78 is 28.0. The average molecular weight is 347 g/mol.